The summed E-state index contributed by atoms with van der Waals surface area (Å²) >= 11 is 0. The van der Waals surface area contributed by atoms with Gasteiger partial charge in [-0.2, -0.15) is 0 Å². The second kappa shape index (κ2) is 2.17. The van der Waals surface area contributed by atoms with E-state index in [0.717, 1.165) is 13.1 Å². The molecule has 0 aromatic rings. The van der Waals surface area contributed by atoms with E-state index in [1.54, 1.807) is 0 Å². The van der Waals surface area contributed by atoms with Crippen LogP contribution in [0.3, 0.4) is 0 Å². The number of nitrogens with two attached hydrogens (primary N) is 2. The Hall–Kier alpha value is -0.160. The molecule has 0 aliphatic carbocycles. The van der Waals surface area contributed by atoms with Gasteiger partial charge in [-0.1, -0.05) is 0 Å². The first-order valence-corrected chi connectivity index (χ1v) is 3.80. The van der Waals surface area contributed by atoms with Crippen LogP contribution in [0.15, 0.2) is 0 Å². The predicted octanol–water partition coefficient (Wildman–Crippen LogP) is -1.12. The molecule has 4 heteroatoms. The number of hydrogen-bond donors (Lipinski definition) is 2. The Morgan fingerprint density at radius 1 is 1.00 bits per heavy atom. The summed E-state index contributed by atoms with van der Waals surface area (Å²) in [4.78, 5) is 0. The summed E-state index contributed by atoms with van der Waals surface area (Å²) in [6.45, 7) is 1.88. The number of hydrazine groups is 2. The zero-order valence-electron chi connectivity index (χ0n) is 6.03. The van der Waals surface area contributed by atoms with Crippen molar-refractivity contribution in [3.05, 3.63) is 0 Å². The lowest BCUT2D eigenvalue weighted by Crippen LogP contribution is -2.58. The Morgan fingerprint density at radius 2 is 1.50 bits per heavy atom. The second-order valence-corrected chi connectivity index (χ2v) is 3.29. The molecule has 58 valence electrons. The average Bonchev–Trinajstić information content (AvgIpc) is 2.20. The van der Waals surface area contributed by atoms with Gasteiger partial charge in [0, 0.05) is 25.2 Å². The van der Waals surface area contributed by atoms with Crippen molar-refractivity contribution in [2.45, 2.75) is 24.9 Å². The molecule has 2 fully saturated rings. The van der Waals surface area contributed by atoms with E-state index >= 15 is 0 Å². The Bertz CT molecular complexity index is 124. The fourth-order valence-electron chi connectivity index (χ4n) is 1.97. The van der Waals surface area contributed by atoms with E-state index < -0.39 is 0 Å². The highest BCUT2D eigenvalue weighted by Crippen LogP contribution is 2.24. The topological polar surface area (TPSA) is 58.5 Å². The van der Waals surface area contributed by atoms with Crippen LogP contribution in [0.2, 0.25) is 0 Å². The molecule has 0 saturated carbocycles. The SMILES string of the molecule is NN1CC2CCC(C1)N2N. The highest BCUT2D eigenvalue weighted by molar-refractivity contribution is 4.91. The summed E-state index contributed by atoms with van der Waals surface area (Å²) < 4.78 is 0. The van der Waals surface area contributed by atoms with Crippen molar-refractivity contribution in [1.82, 2.24) is 10.0 Å². The number of nitrogens with zero attached hydrogens (tertiary/aromatic N) is 2. The quantitative estimate of drug-likeness (QED) is 0.421. The van der Waals surface area contributed by atoms with Gasteiger partial charge in [-0.25, -0.2) is 10.0 Å². The van der Waals surface area contributed by atoms with Gasteiger partial charge in [0.25, 0.3) is 0 Å². The van der Waals surface area contributed by atoms with Crippen molar-refractivity contribution in [2.24, 2.45) is 11.7 Å². The predicted molar refractivity (Wildman–Crippen MR) is 38.6 cm³/mol. The van der Waals surface area contributed by atoms with Crippen LogP contribution in [0.1, 0.15) is 12.8 Å². The first kappa shape index (κ1) is 6.54. The van der Waals surface area contributed by atoms with Crippen molar-refractivity contribution >= 4 is 0 Å². The van der Waals surface area contributed by atoms with Crippen molar-refractivity contribution in [1.29, 1.82) is 0 Å². The molecule has 0 amide bonds. The van der Waals surface area contributed by atoms with Crippen LogP contribution in [0.5, 0.6) is 0 Å². The molecular formula is C6H14N4. The van der Waals surface area contributed by atoms with Crippen LogP contribution >= 0.6 is 0 Å². The zero-order valence-corrected chi connectivity index (χ0v) is 6.03. The van der Waals surface area contributed by atoms with E-state index in [9.17, 15) is 0 Å². The lowest BCUT2D eigenvalue weighted by molar-refractivity contribution is 0.0674. The zero-order chi connectivity index (χ0) is 7.14. The Kier molecular flexibility index (Phi) is 1.42. The van der Waals surface area contributed by atoms with Crippen LogP contribution in [-0.2, 0) is 0 Å². The minimum atomic E-state index is 0.517. The van der Waals surface area contributed by atoms with E-state index in [4.69, 9.17) is 11.7 Å². The van der Waals surface area contributed by atoms with E-state index in [1.165, 1.54) is 12.8 Å². The van der Waals surface area contributed by atoms with Gasteiger partial charge >= 0.3 is 0 Å². The summed E-state index contributed by atoms with van der Waals surface area (Å²) in [6.07, 6.45) is 2.43. The highest BCUT2D eigenvalue weighted by atomic mass is 15.5. The Morgan fingerprint density at radius 3 is 2.00 bits per heavy atom. The summed E-state index contributed by atoms with van der Waals surface area (Å²) in [5.41, 5.74) is 0. The summed E-state index contributed by atoms with van der Waals surface area (Å²) in [5, 5.41) is 3.86. The maximum Gasteiger partial charge on any atom is 0.0386 e. The number of rotatable bonds is 0. The van der Waals surface area contributed by atoms with Gasteiger partial charge in [0.15, 0.2) is 0 Å². The molecule has 4 N–H and O–H groups in total. The largest absolute Gasteiger partial charge is 0.269 e. The smallest absolute Gasteiger partial charge is 0.0386 e. The van der Waals surface area contributed by atoms with Gasteiger partial charge in [-0.15, -0.1) is 0 Å². The summed E-state index contributed by atoms with van der Waals surface area (Å²) in [5.74, 6) is 11.5. The molecule has 2 aliphatic rings. The lowest BCUT2D eigenvalue weighted by atomic mass is 10.2. The van der Waals surface area contributed by atoms with Crippen LogP contribution in [-0.4, -0.2) is 35.2 Å². The summed E-state index contributed by atoms with van der Waals surface area (Å²) in [7, 11) is 0. The molecule has 2 heterocycles. The molecule has 4 nitrogen and oxygen atoms in total. The fraction of sp³-hybridized carbons (Fsp3) is 1.00. The summed E-state index contributed by atoms with van der Waals surface area (Å²) in [6, 6.07) is 1.03. The maximum atomic E-state index is 5.80. The van der Waals surface area contributed by atoms with Gasteiger partial charge < -0.3 is 0 Å². The molecule has 0 spiro atoms. The average molecular weight is 142 g/mol. The van der Waals surface area contributed by atoms with Crippen molar-refractivity contribution in [3.8, 4) is 0 Å². The van der Waals surface area contributed by atoms with Crippen molar-refractivity contribution in [2.75, 3.05) is 13.1 Å². The van der Waals surface area contributed by atoms with Crippen LogP contribution in [0.25, 0.3) is 0 Å². The number of piperazine rings is 1. The van der Waals surface area contributed by atoms with Gasteiger partial charge in [0.2, 0.25) is 0 Å². The Labute approximate surface area is 60.7 Å². The molecular weight excluding hydrogens is 128 g/mol. The van der Waals surface area contributed by atoms with E-state index in [1.807, 2.05) is 10.0 Å². The third-order valence-electron chi connectivity index (χ3n) is 2.57. The first-order valence-electron chi connectivity index (χ1n) is 3.80. The Balaban J connectivity index is 2.09. The molecule has 0 aromatic heterocycles. The third kappa shape index (κ3) is 0.845. The normalized spacial score (nSPS) is 42.6. The molecule has 2 unspecified atom stereocenters. The molecule has 2 aliphatic heterocycles. The number of hydrogen-bond acceptors (Lipinski definition) is 4. The molecule has 2 bridgehead atoms. The molecule has 2 saturated heterocycles. The monoisotopic (exact) mass is 142 g/mol. The molecule has 10 heavy (non-hydrogen) atoms. The highest BCUT2D eigenvalue weighted by Gasteiger charge is 2.36. The second-order valence-electron chi connectivity index (χ2n) is 3.29. The lowest BCUT2D eigenvalue weighted by Gasteiger charge is -2.35. The van der Waals surface area contributed by atoms with Gasteiger partial charge in [-0.3, -0.25) is 11.7 Å². The molecule has 0 radical (unpaired) electrons. The minimum absolute atomic E-state index is 0.517. The van der Waals surface area contributed by atoms with Gasteiger partial charge in [0.05, 0.1) is 0 Å². The van der Waals surface area contributed by atoms with Crippen LogP contribution < -0.4 is 11.7 Å². The molecule has 2 atom stereocenters. The van der Waals surface area contributed by atoms with Gasteiger partial charge in [0.1, 0.15) is 0 Å². The van der Waals surface area contributed by atoms with E-state index in [2.05, 4.69) is 0 Å². The van der Waals surface area contributed by atoms with E-state index in [0.29, 0.717) is 12.1 Å². The standard InChI is InChI=1S/C6H14N4/c7-9-3-5-1-2-6(4-9)10(5)8/h5-6H,1-4,7-8H2. The molecule has 2 rings (SSSR count). The van der Waals surface area contributed by atoms with Gasteiger partial charge in [-0.05, 0) is 12.8 Å². The third-order valence-corrected chi connectivity index (χ3v) is 2.57. The van der Waals surface area contributed by atoms with Crippen molar-refractivity contribution < 1.29 is 0 Å². The maximum absolute atomic E-state index is 5.80. The van der Waals surface area contributed by atoms with E-state index in [-0.39, 0.29) is 0 Å². The van der Waals surface area contributed by atoms with Crippen LogP contribution in [0.4, 0.5) is 0 Å². The fourth-order valence-corrected chi connectivity index (χ4v) is 1.97. The number of fused-ring (bicyclic) bond motifs is 2. The first-order chi connectivity index (χ1) is 4.77. The molecule has 0 aromatic carbocycles. The van der Waals surface area contributed by atoms with Crippen molar-refractivity contribution in [3.63, 3.8) is 0 Å². The minimum Gasteiger partial charge on any atom is -0.269 e. The van der Waals surface area contributed by atoms with Crippen LogP contribution in [0, 0.1) is 0 Å².